The molecule has 2 aliphatic heterocycles. The molecule has 1 aromatic carbocycles. The molecular formula is C24H30F4N4OS. The minimum atomic E-state index is -4.51. The molecule has 2 saturated heterocycles. The van der Waals surface area contributed by atoms with E-state index in [1.54, 1.807) is 11.8 Å². The van der Waals surface area contributed by atoms with E-state index in [4.69, 9.17) is 4.74 Å². The van der Waals surface area contributed by atoms with Crippen molar-refractivity contribution in [1.82, 2.24) is 19.7 Å². The van der Waals surface area contributed by atoms with Gasteiger partial charge in [-0.3, -0.25) is 0 Å². The number of hydrogen-bond acceptors (Lipinski definition) is 5. The summed E-state index contributed by atoms with van der Waals surface area (Å²) in [6, 6.07) is 2.99. The number of thioether (sulfide) groups is 1. The third-order valence-corrected chi connectivity index (χ3v) is 8.77. The van der Waals surface area contributed by atoms with Gasteiger partial charge in [-0.25, -0.2) is 4.39 Å². The predicted molar refractivity (Wildman–Crippen MR) is 121 cm³/mol. The van der Waals surface area contributed by atoms with Gasteiger partial charge in [0.15, 0.2) is 5.16 Å². The topological polar surface area (TPSA) is 43.2 Å². The summed E-state index contributed by atoms with van der Waals surface area (Å²) in [7, 11) is 2.03. The Hall–Kier alpha value is -1.65. The number of benzene rings is 1. The normalized spacial score (nSPS) is 26.0. The summed E-state index contributed by atoms with van der Waals surface area (Å²) in [5.41, 5.74) is -0.458. The van der Waals surface area contributed by atoms with Crippen LogP contribution in [0.4, 0.5) is 17.6 Å². The molecule has 1 spiro atoms. The zero-order chi connectivity index (χ0) is 23.9. The van der Waals surface area contributed by atoms with Gasteiger partial charge in [0, 0.05) is 38.5 Å². The number of nitrogens with zero attached hydrogens (tertiary/aromatic N) is 4. The molecule has 0 amide bonds. The van der Waals surface area contributed by atoms with Crippen molar-refractivity contribution in [3.05, 3.63) is 41.0 Å². The molecule has 5 rings (SSSR count). The quantitative estimate of drug-likeness (QED) is 0.297. The van der Waals surface area contributed by atoms with Gasteiger partial charge in [0.05, 0.1) is 5.56 Å². The van der Waals surface area contributed by atoms with E-state index in [1.807, 2.05) is 7.05 Å². The Morgan fingerprint density at radius 1 is 1.21 bits per heavy atom. The number of alkyl halides is 3. The van der Waals surface area contributed by atoms with Gasteiger partial charge in [0.2, 0.25) is 0 Å². The Balaban J connectivity index is 1.09. The second-order valence-corrected chi connectivity index (χ2v) is 10.9. The predicted octanol–water partition coefficient (Wildman–Crippen LogP) is 5.23. The van der Waals surface area contributed by atoms with E-state index < -0.39 is 17.6 Å². The molecule has 2 unspecified atom stereocenters. The van der Waals surface area contributed by atoms with E-state index in [0.717, 1.165) is 87.8 Å². The Morgan fingerprint density at radius 2 is 2.00 bits per heavy atom. The Morgan fingerprint density at radius 3 is 2.74 bits per heavy atom. The van der Waals surface area contributed by atoms with Gasteiger partial charge < -0.3 is 14.2 Å². The summed E-state index contributed by atoms with van der Waals surface area (Å²) in [5.74, 6) is 1.71. The first-order chi connectivity index (χ1) is 16.3. The molecule has 10 heteroatoms. The lowest BCUT2D eigenvalue weighted by molar-refractivity contribution is -0.137. The fraction of sp³-hybridized carbons (Fsp3) is 0.667. The van der Waals surface area contributed by atoms with Gasteiger partial charge in [-0.1, -0.05) is 17.8 Å². The highest BCUT2D eigenvalue weighted by atomic mass is 32.2. The van der Waals surface area contributed by atoms with E-state index in [-0.39, 0.29) is 11.3 Å². The number of rotatable bonds is 7. The summed E-state index contributed by atoms with van der Waals surface area (Å²) >= 11 is 1.72. The van der Waals surface area contributed by atoms with Crippen molar-refractivity contribution < 1.29 is 22.3 Å². The summed E-state index contributed by atoms with van der Waals surface area (Å²) in [6.45, 7) is 4.37. The van der Waals surface area contributed by atoms with Crippen LogP contribution in [-0.4, -0.2) is 58.3 Å². The average Bonchev–Trinajstić information content (AvgIpc) is 3.14. The van der Waals surface area contributed by atoms with E-state index in [2.05, 4.69) is 19.7 Å². The molecular weight excluding hydrogens is 468 g/mol. The molecule has 5 nitrogen and oxygen atoms in total. The van der Waals surface area contributed by atoms with Crippen LogP contribution in [0.3, 0.4) is 0 Å². The first-order valence-corrected chi connectivity index (χ1v) is 12.9. The molecule has 3 aliphatic rings. The van der Waals surface area contributed by atoms with Crippen LogP contribution >= 0.6 is 11.8 Å². The molecule has 2 aromatic rings. The monoisotopic (exact) mass is 498 g/mol. The fourth-order valence-electron chi connectivity index (χ4n) is 5.61. The number of ether oxygens (including phenoxy) is 1. The van der Waals surface area contributed by atoms with Crippen molar-refractivity contribution >= 4 is 11.8 Å². The number of likely N-dealkylation sites (tertiary alicyclic amines) is 1. The van der Waals surface area contributed by atoms with E-state index in [0.29, 0.717) is 17.5 Å². The highest BCUT2D eigenvalue weighted by Crippen LogP contribution is 2.64. The van der Waals surface area contributed by atoms with Gasteiger partial charge in [-0.15, -0.1) is 10.2 Å². The van der Waals surface area contributed by atoms with Crippen molar-refractivity contribution in [1.29, 1.82) is 0 Å². The SMILES string of the molecule is Cn1c(SCCCN2CCC3(CC3c3ccc(C(F)(F)F)cc3F)C2)nnc1C1CCOCC1. The van der Waals surface area contributed by atoms with Gasteiger partial charge >= 0.3 is 6.18 Å². The molecule has 1 aliphatic carbocycles. The Bertz CT molecular complexity index is 1020. The van der Waals surface area contributed by atoms with Crippen molar-refractivity contribution in [3.8, 4) is 0 Å². The van der Waals surface area contributed by atoms with E-state index >= 15 is 0 Å². The zero-order valence-corrected chi connectivity index (χ0v) is 20.1. The molecule has 0 N–H and O–H groups in total. The number of aromatic nitrogens is 3. The van der Waals surface area contributed by atoms with Crippen LogP contribution in [0.25, 0.3) is 0 Å². The van der Waals surface area contributed by atoms with Crippen molar-refractivity contribution in [2.75, 3.05) is 38.6 Å². The number of hydrogen-bond donors (Lipinski definition) is 0. The second kappa shape index (κ2) is 9.43. The van der Waals surface area contributed by atoms with Gasteiger partial charge in [-0.2, -0.15) is 13.2 Å². The van der Waals surface area contributed by atoms with Gasteiger partial charge in [0.1, 0.15) is 11.6 Å². The highest BCUT2D eigenvalue weighted by molar-refractivity contribution is 7.99. The van der Waals surface area contributed by atoms with E-state index in [9.17, 15) is 17.6 Å². The summed E-state index contributed by atoms with van der Waals surface area (Å²) < 4.78 is 60.5. The molecule has 0 radical (unpaired) electrons. The molecule has 34 heavy (non-hydrogen) atoms. The average molecular weight is 499 g/mol. The van der Waals surface area contributed by atoms with Crippen LogP contribution < -0.4 is 0 Å². The lowest BCUT2D eigenvalue weighted by Crippen LogP contribution is -2.23. The van der Waals surface area contributed by atoms with Crippen LogP contribution in [0.1, 0.15) is 60.9 Å². The zero-order valence-electron chi connectivity index (χ0n) is 19.3. The second-order valence-electron chi connectivity index (χ2n) is 9.87. The van der Waals surface area contributed by atoms with Crippen LogP contribution in [0.5, 0.6) is 0 Å². The standard InChI is InChI=1S/C24H30F4N4OS/c1-31-21(16-5-10-33-11-6-16)29-30-22(31)34-12-2-8-32-9-7-23(15-32)14-19(23)18-4-3-17(13-20(18)25)24(26,27)28/h3-4,13,16,19H,2,5-12,14-15H2,1H3. The van der Waals surface area contributed by atoms with Crippen LogP contribution in [0, 0.1) is 11.2 Å². The van der Waals surface area contributed by atoms with Crippen LogP contribution in [-0.2, 0) is 18.0 Å². The first-order valence-electron chi connectivity index (χ1n) is 12.0. The summed E-state index contributed by atoms with van der Waals surface area (Å²) in [5, 5.41) is 9.74. The molecule has 3 fully saturated rings. The largest absolute Gasteiger partial charge is 0.416 e. The minimum Gasteiger partial charge on any atom is -0.381 e. The fourth-order valence-corrected chi connectivity index (χ4v) is 6.46. The molecule has 1 aromatic heterocycles. The Labute approximate surface area is 201 Å². The van der Waals surface area contributed by atoms with Crippen LogP contribution in [0.15, 0.2) is 23.4 Å². The Kier molecular flexibility index (Phi) is 6.67. The maximum Gasteiger partial charge on any atom is 0.416 e. The minimum absolute atomic E-state index is 0.0237. The lowest BCUT2D eigenvalue weighted by atomic mass is 9.97. The third-order valence-electron chi connectivity index (χ3n) is 7.66. The summed E-state index contributed by atoms with van der Waals surface area (Å²) in [4.78, 5) is 2.41. The van der Waals surface area contributed by atoms with E-state index in [1.165, 1.54) is 6.07 Å². The molecule has 186 valence electrons. The first kappa shape index (κ1) is 24.1. The van der Waals surface area contributed by atoms with Gasteiger partial charge in [0.25, 0.3) is 0 Å². The van der Waals surface area contributed by atoms with Gasteiger partial charge in [-0.05, 0) is 74.2 Å². The van der Waals surface area contributed by atoms with Crippen molar-refractivity contribution in [3.63, 3.8) is 0 Å². The maximum absolute atomic E-state index is 14.4. The number of halogens is 4. The highest BCUT2D eigenvalue weighted by Gasteiger charge is 2.58. The molecule has 2 atom stereocenters. The molecule has 0 bridgehead atoms. The van der Waals surface area contributed by atoms with Crippen molar-refractivity contribution in [2.24, 2.45) is 12.5 Å². The molecule has 3 heterocycles. The lowest BCUT2D eigenvalue weighted by Gasteiger charge is -2.21. The summed E-state index contributed by atoms with van der Waals surface area (Å²) in [6.07, 6.45) is 0.312. The van der Waals surface area contributed by atoms with Crippen LogP contribution in [0.2, 0.25) is 0 Å². The third kappa shape index (κ3) is 4.86. The van der Waals surface area contributed by atoms with Crippen molar-refractivity contribution in [2.45, 2.75) is 55.3 Å². The molecule has 1 saturated carbocycles. The maximum atomic E-state index is 14.4. The smallest absolute Gasteiger partial charge is 0.381 e.